The molecule has 0 unspecified atom stereocenters. The van der Waals surface area contributed by atoms with Gasteiger partial charge in [0, 0.05) is 31.9 Å². The third kappa shape index (κ3) is 5.68. The highest BCUT2D eigenvalue weighted by atomic mass is 32.2. The first-order chi connectivity index (χ1) is 14.8. The summed E-state index contributed by atoms with van der Waals surface area (Å²) < 4.78 is 38.3. The number of nitrogens with zero attached hydrogens (tertiary/aromatic N) is 2. The van der Waals surface area contributed by atoms with Crippen LogP contribution in [-0.2, 0) is 14.8 Å². The predicted octanol–water partition coefficient (Wildman–Crippen LogP) is 2.11. The van der Waals surface area contributed by atoms with E-state index < -0.39 is 16.1 Å². The van der Waals surface area contributed by atoms with Gasteiger partial charge in [-0.25, -0.2) is 8.42 Å². The lowest BCUT2D eigenvalue weighted by Gasteiger charge is -2.37. The second-order valence-electron chi connectivity index (χ2n) is 7.26. The number of benzene rings is 2. The highest BCUT2D eigenvalue weighted by molar-refractivity contribution is 7.89. The Morgan fingerprint density at radius 2 is 1.58 bits per heavy atom. The largest absolute Gasteiger partial charge is 0.497 e. The van der Waals surface area contributed by atoms with Gasteiger partial charge in [-0.1, -0.05) is 0 Å². The number of amides is 1. The molecular weight excluding hydrogens is 418 g/mol. The lowest BCUT2D eigenvalue weighted by molar-refractivity contribution is -0.132. The zero-order valence-corrected chi connectivity index (χ0v) is 18.9. The lowest BCUT2D eigenvalue weighted by Crippen LogP contribution is -2.54. The molecule has 1 saturated heterocycles. The van der Waals surface area contributed by atoms with Crippen molar-refractivity contribution in [3.63, 3.8) is 0 Å². The van der Waals surface area contributed by atoms with E-state index in [-0.39, 0.29) is 10.8 Å². The summed E-state index contributed by atoms with van der Waals surface area (Å²) in [5.41, 5.74) is 1.07. The van der Waals surface area contributed by atoms with Gasteiger partial charge in [-0.15, -0.1) is 0 Å². The molecule has 1 atom stereocenters. The van der Waals surface area contributed by atoms with E-state index in [1.165, 1.54) is 12.1 Å². The van der Waals surface area contributed by atoms with E-state index in [2.05, 4.69) is 9.62 Å². The molecule has 9 heteroatoms. The van der Waals surface area contributed by atoms with Crippen LogP contribution in [0.25, 0.3) is 0 Å². The van der Waals surface area contributed by atoms with E-state index in [9.17, 15) is 13.2 Å². The molecule has 1 fully saturated rings. The van der Waals surface area contributed by atoms with Crippen LogP contribution in [0.3, 0.4) is 0 Å². The molecule has 1 heterocycles. The SMILES string of the molecule is CCOc1ccc(S(=O)(=O)N[C@@H](C)C(=O)N2CCN(c3ccc(OC)cc3)CC2)cc1. The summed E-state index contributed by atoms with van der Waals surface area (Å²) >= 11 is 0. The lowest BCUT2D eigenvalue weighted by atomic mass is 10.2. The fraction of sp³-hybridized carbons (Fsp3) is 0.409. The molecule has 0 saturated carbocycles. The van der Waals surface area contributed by atoms with Gasteiger partial charge in [0.15, 0.2) is 0 Å². The molecule has 168 valence electrons. The van der Waals surface area contributed by atoms with E-state index in [0.29, 0.717) is 38.5 Å². The van der Waals surface area contributed by atoms with Gasteiger partial charge in [-0.3, -0.25) is 4.79 Å². The third-order valence-electron chi connectivity index (χ3n) is 5.18. The maximum Gasteiger partial charge on any atom is 0.241 e. The standard InChI is InChI=1S/C22H29N3O5S/c1-4-30-20-9-11-21(12-10-20)31(27,28)23-17(2)22(26)25-15-13-24(14-16-25)18-5-7-19(29-3)8-6-18/h5-12,17,23H,4,13-16H2,1-3H3/t17-/m0/s1. The average molecular weight is 448 g/mol. The molecule has 1 N–H and O–H groups in total. The van der Waals surface area contributed by atoms with Gasteiger partial charge in [-0.05, 0) is 62.4 Å². The van der Waals surface area contributed by atoms with Crippen LogP contribution >= 0.6 is 0 Å². The van der Waals surface area contributed by atoms with Gasteiger partial charge in [0.25, 0.3) is 0 Å². The number of rotatable bonds is 8. The van der Waals surface area contributed by atoms with Gasteiger partial charge in [0.1, 0.15) is 11.5 Å². The Morgan fingerprint density at radius 3 is 2.13 bits per heavy atom. The third-order valence-corrected chi connectivity index (χ3v) is 6.73. The molecule has 2 aromatic rings. The second kappa shape index (κ2) is 10.0. The first kappa shape index (κ1) is 22.9. The minimum atomic E-state index is -3.81. The maximum absolute atomic E-state index is 12.8. The number of ether oxygens (including phenoxy) is 2. The minimum Gasteiger partial charge on any atom is -0.497 e. The van der Waals surface area contributed by atoms with Crippen LogP contribution in [0, 0.1) is 0 Å². The Kier molecular flexibility index (Phi) is 7.40. The first-order valence-corrected chi connectivity index (χ1v) is 11.8. The molecule has 3 rings (SSSR count). The molecule has 1 aliphatic rings. The second-order valence-corrected chi connectivity index (χ2v) is 8.97. The van der Waals surface area contributed by atoms with E-state index >= 15 is 0 Å². The summed E-state index contributed by atoms with van der Waals surface area (Å²) in [6.45, 7) is 6.34. The van der Waals surface area contributed by atoms with Crippen LogP contribution in [0.2, 0.25) is 0 Å². The Bertz CT molecular complexity index is 969. The number of nitrogens with one attached hydrogen (secondary N) is 1. The van der Waals surface area contributed by atoms with E-state index in [4.69, 9.17) is 9.47 Å². The van der Waals surface area contributed by atoms with Crippen LogP contribution in [0.5, 0.6) is 11.5 Å². The van der Waals surface area contributed by atoms with Crippen molar-refractivity contribution in [1.82, 2.24) is 9.62 Å². The number of carbonyl (C=O) groups is 1. The Morgan fingerprint density at radius 1 is 1.00 bits per heavy atom. The molecule has 8 nitrogen and oxygen atoms in total. The molecule has 1 aliphatic heterocycles. The van der Waals surface area contributed by atoms with Crippen molar-refractivity contribution in [1.29, 1.82) is 0 Å². The van der Waals surface area contributed by atoms with Crippen molar-refractivity contribution >= 4 is 21.6 Å². The molecule has 0 bridgehead atoms. The number of piperazine rings is 1. The van der Waals surface area contributed by atoms with Crippen molar-refractivity contribution < 1.29 is 22.7 Å². The van der Waals surface area contributed by atoms with Crippen LogP contribution in [0.1, 0.15) is 13.8 Å². The summed E-state index contributed by atoms with van der Waals surface area (Å²) in [4.78, 5) is 16.8. The van der Waals surface area contributed by atoms with Crippen LogP contribution < -0.4 is 19.1 Å². The van der Waals surface area contributed by atoms with Crippen molar-refractivity contribution in [2.45, 2.75) is 24.8 Å². The molecule has 2 aromatic carbocycles. The van der Waals surface area contributed by atoms with Crippen molar-refractivity contribution in [2.24, 2.45) is 0 Å². The summed E-state index contributed by atoms with van der Waals surface area (Å²) in [7, 11) is -2.18. The highest BCUT2D eigenvalue weighted by Gasteiger charge is 2.28. The maximum atomic E-state index is 12.8. The van der Waals surface area contributed by atoms with E-state index in [1.54, 1.807) is 31.1 Å². The number of carbonyl (C=O) groups excluding carboxylic acids is 1. The summed E-state index contributed by atoms with van der Waals surface area (Å²) in [5, 5.41) is 0. The number of hydrogen-bond donors (Lipinski definition) is 1. The monoisotopic (exact) mass is 447 g/mol. The Labute approximate surface area is 183 Å². The van der Waals surface area contributed by atoms with Gasteiger partial charge in [0.2, 0.25) is 15.9 Å². The molecule has 0 radical (unpaired) electrons. The zero-order valence-electron chi connectivity index (χ0n) is 18.1. The normalized spacial score (nSPS) is 15.5. The smallest absolute Gasteiger partial charge is 0.241 e. The topological polar surface area (TPSA) is 88.2 Å². The van der Waals surface area contributed by atoms with E-state index in [1.807, 2.05) is 31.2 Å². The molecule has 1 amide bonds. The van der Waals surface area contributed by atoms with Crippen molar-refractivity contribution in [2.75, 3.05) is 44.8 Å². The summed E-state index contributed by atoms with van der Waals surface area (Å²) in [6, 6.07) is 13.1. The van der Waals surface area contributed by atoms with E-state index in [0.717, 1.165) is 11.4 Å². The van der Waals surface area contributed by atoms with Crippen LogP contribution in [0.4, 0.5) is 5.69 Å². The molecule has 31 heavy (non-hydrogen) atoms. The predicted molar refractivity (Wildman–Crippen MR) is 119 cm³/mol. The molecule has 0 spiro atoms. The minimum absolute atomic E-state index is 0.0972. The summed E-state index contributed by atoms with van der Waals surface area (Å²) in [5.74, 6) is 1.16. The van der Waals surface area contributed by atoms with Crippen molar-refractivity contribution in [3.05, 3.63) is 48.5 Å². The number of hydrogen-bond acceptors (Lipinski definition) is 6. The van der Waals surface area contributed by atoms with Gasteiger partial charge < -0.3 is 19.3 Å². The average Bonchev–Trinajstić information content (AvgIpc) is 2.79. The van der Waals surface area contributed by atoms with Crippen LogP contribution in [-0.4, -0.2) is 65.2 Å². The summed E-state index contributed by atoms with van der Waals surface area (Å²) in [6.07, 6.45) is 0. The Balaban J connectivity index is 1.56. The quantitative estimate of drug-likeness (QED) is 0.667. The highest BCUT2D eigenvalue weighted by Crippen LogP contribution is 2.21. The fourth-order valence-electron chi connectivity index (χ4n) is 3.48. The number of methoxy groups -OCH3 is 1. The fourth-order valence-corrected chi connectivity index (χ4v) is 4.68. The zero-order chi connectivity index (χ0) is 22.4. The molecule has 0 aromatic heterocycles. The first-order valence-electron chi connectivity index (χ1n) is 10.3. The molecular formula is C22H29N3O5S. The molecule has 0 aliphatic carbocycles. The number of sulfonamides is 1. The van der Waals surface area contributed by atoms with Gasteiger partial charge in [-0.2, -0.15) is 4.72 Å². The number of anilines is 1. The van der Waals surface area contributed by atoms with Crippen LogP contribution in [0.15, 0.2) is 53.4 Å². The van der Waals surface area contributed by atoms with Crippen molar-refractivity contribution in [3.8, 4) is 11.5 Å². The van der Waals surface area contributed by atoms with Gasteiger partial charge >= 0.3 is 0 Å². The Hall–Kier alpha value is -2.78. The van der Waals surface area contributed by atoms with Gasteiger partial charge in [0.05, 0.1) is 24.7 Å².